The summed E-state index contributed by atoms with van der Waals surface area (Å²) in [5.41, 5.74) is 7.38. The SMILES string of the molecule is C#COc1cccc2c(/C=c3/ccc4cc(N(c5ccc(C)cc5)c5ccc(C)cc5)ccc4[n+]3=C)[nH]c(O)c12. The Morgan fingerprint density at radius 3 is 2.17 bits per heavy atom. The molecule has 0 saturated carbocycles. The number of H-pyrrole nitrogens is 1. The van der Waals surface area contributed by atoms with E-state index in [2.05, 4.69) is 109 Å². The number of ether oxygens (including phenoxy) is 1. The molecule has 0 radical (unpaired) electrons. The average Bonchev–Trinajstić information content (AvgIpc) is 3.28. The van der Waals surface area contributed by atoms with E-state index in [-0.39, 0.29) is 5.88 Å². The van der Waals surface area contributed by atoms with Crippen LogP contribution in [0.4, 0.5) is 17.1 Å². The molecule has 2 heterocycles. The number of benzene rings is 4. The molecule has 40 heavy (non-hydrogen) atoms. The number of pyridine rings is 1. The quantitative estimate of drug-likeness (QED) is 0.193. The number of nitrogens with one attached hydrogen (secondary N) is 1. The number of anilines is 3. The molecule has 2 aromatic heterocycles. The van der Waals surface area contributed by atoms with Gasteiger partial charge in [0.2, 0.25) is 16.7 Å². The van der Waals surface area contributed by atoms with Crippen LogP contribution in [0.25, 0.3) is 27.8 Å². The van der Waals surface area contributed by atoms with Crippen molar-refractivity contribution in [1.29, 1.82) is 0 Å². The summed E-state index contributed by atoms with van der Waals surface area (Å²) in [5.74, 6) is 0.425. The smallest absolute Gasteiger partial charge is 0.217 e. The lowest BCUT2D eigenvalue weighted by atomic mass is 10.1. The number of hydrogen-bond acceptors (Lipinski definition) is 3. The predicted octanol–water partition coefficient (Wildman–Crippen LogP) is 6.84. The second kappa shape index (κ2) is 10.0. The maximum Gasteiger partial charge on any atom is 0.217 e. The van der Waals surface area contributed by atoms with Gasteiger partial charge in [0, 0.05) is 46.0 Å². The summed E-state index contributed by atoms with van der Waals surface area (Å²) in [6, 6.07) is 33.1. The second-order valence-electron chi connectivity index (χ2n) is 9.87. The molecular formula is C35H28N3O2+. The van der Waals surface area contributed by atoms with Gasteiger partial charge in [0.15, 0.2) is 5.75 Å². The van der Waals surface area contributed by atoms with E-state index in [0.29, 0.717) is 11.1 Å². The van der Waals surface area contributed by atoms with Gasteiger partial charge in [-0.2, -0.15) is 4.24 Å². The predicted molar refractivity (Wildman–Crippen MR) is 162 cm³/mol. The zero-order valence-electron chi connectivity index (χ0n) is 22.3. The highest BCUT2D eigenvalue weighted by Crippen LogP contribution is 2.37. The molecule has 5 nitrogen and oxygen atoms in total. The highest BCUT2D eigenvalue weighted by Gasteiger charge is 2.16. The van der Waals surface area contributed by atoms with E-state index < -0.39 is 0 Å². The number of terminal acetylenes is 1. The summed E-state index contributed by atoms with van der Waals surface area (Å²) in [6.07, 6.45) is 9.45. The summed E-state index contributed by atoms with van der Waals surface area (Å²) in [6.45, 7) is 8.53. The van der Waals surface area contributed by atoms with Gasteiger partial charge in [-0.25, -0.2) is 0 Å². The Morgan fingerprint density at radius 2 is 1.52 bits per heavy atom. The average molecular weight is 523 g/mol. The molecule has 2 N–H and O–H groups in total. The normalized spacial score (nSPS) is 11.6. The number of fused-ring (bicyclic) bond motifs is 2. The molecule has 4 aromatic carbocycles. The van der Waals surface area contributed by atoms with E-state index in [0.717, 1.165) is 44.4 Å². The molecule has 0 fully saturated rings. The highest BCUT2D eigenvalue weighted by atomic mass is 16.5. The first kappa shape index (κ1) is 24.8. The van der Waals surface area contributed by atoms with Crippen LogP contribution in [0, 0.1) is 33.1 Å². The van der Waals surface area contributed by atoms with Crippen molar-refractivity contribution in [1.82, 2.24) is 4.98 Å². The molecule has 194 valence electrons. The Labute approximate surface area is 232 Å². The first-order valence-corrected chi connectivity index (χ1v) is 13.0. The molecule has 0 aliphatic heterocycles. The highest BCUT2D eigenvalue weighted by molar-refractivity contribution is 5.98. The molecule has 0 unspecified atom stereocenters. The van der Waals surface area contributed by atoms with Gasteiger partial charge < -0.3 is 19.7 Å². The molecule has 0 bridgehead atoms. The van der Waals surface area contributed by atoms with Gasteiger partial charge >= 0.3 is 0 Å². The van der Waals surface area contributed by atoms with Crippen LogP contribution in [0.15, 0.2) is 97.1 Å². The van der Waals surface area contributed by atoms with Crippen LogP contribution in [-0.4, -0.2) is 10.1 Å². The van der Waals surface area contributed by atoms with E-state index in [4.69, 9.17) is 11.2 Å². The largest absolute Gasteiger partial charge is 0.494 e. The van der Waals surface area contributed by atoms with Crippen LogP contribution in [0.1, 0.15) is 16.8 Å². The third kappa shape index (κ3) is 4.42. The van der Waals surface area contributed by atoms with Crippen LogP contribution in [0.3, 0.4) is 0 Å². The molecule has 0 aliphatic rings. The Hall–Kier alpha value is -5.47. The number of aromatic amines is 1. The van der Waals surface area contributed by atoms with E-state index >= 15 is 0 Å². The molecule has 0 saturated heterocycles. The number of hydrogen-bond donors (Lipinski definition) is 2. The number of nitrogens with zero attached hydrogens (tertiary/aromatic N) is 2. The summed E-state index contributed by atoms with van der Waals surface area (Å²) in [4.78, 5) is 5.31. The third-order valence-corrected chi connectivity index (χ3v) is 7.16. The molecular weight excluding hydrogens is 494 g/mol. The van der Waals surface area contributed by atoms with Gasteiger partial charge in [-0.1, -0.05) is 53.9 Å². The van der Waals surface area contributed by atoms with Gasteiger partial charge in [0.05, 0.1) is 11.1 Å². The van der Waals surface area contributed by atoms with Crippen molar-refractivity contribution in [2.75, 3.05) is 4.90 Å². The molecule has 0 spiro atoms. The lowest BCUT2D eigenvalue weighted by molar-refractivity contribution is -0.483. The number of aromatic nitrogens is 2. The van der Waals surface area contributed by atoms with Gasteiger partial charge in [0.25, 0.3) is 0 Å². The van der Waals surface area contributed by atoms with E-state index in [9.17, 15) is 5.11 Å². The fraction of sp³-hybridized carbons (Fsp3) is 0.0571. The summed E-state index contributed by atoms with van der Waals surface area (Å²) in [5, 5.41) is 13.8. The van der Waals surface area contributed by atoms with Crippen LogP contribution in [0.5, 0.6) is 11.6 Å². The number of aryl methyl sites for hydroxylation is 2. The fourth-order valence-corrected chi connectivity index (χ4v) is 5.09. The van der Waals surface area contributed by atoms with Crippen molar-refractivity contribution in [3.63, 3.8) is 0 Å². The fourth-order valence-electron chi connectivity index (χ4n) is 5.09. The van der Waals surface area contributed by atoms with Crippen molar-refractivity contribution in [2.24, 2.45) is 0 Å². The van der Waals surface area contributed by atoms with Gasteiger partial charge in [0.1, 0.15) is 12.8 Å². The van der Waals surface area contributed by atoms with Crippen LogP contribution >= 0.6 is 0 Å². The lowest BCUT2D eigenvalue weighted by Gasteiger charge is -2.25. The Balaban J connectivity index is 1.47. The Morgan fingerprint density at radius 1 is 0.875 bits per heavy atom. The van der Waals surface area contributed by atoms with Crippen molar-refractivity contribution in [3.05, 3.63) is 126 Å². The Bertz CT molecular complexity index is 1990. The van der Waals surface area contributed by atoms with Gasteiger partial charge in [-0.05, 0) is 62.4 Å². The molecule has 6 aromatic rings. The van der Waals surface area contributed by atoms with E-state index in [1.165, 1.54) is 11.1 Å². The first-order chi connectivity index (χ1) is 19.4. The number of aromatic hydroxyl groups is 1. The van der Waals surface area contributed by atoms with Crippen molar-refractivity contribution < 1.29 is 14.1 Å². The van der Waals surface area contributed by atoms with E-state index in [1.807, 2.05) is 28.5 Å². The van der Waals surface area contributed by atoms with Crippen molar-refractivity contribution in [3.8, 4) is 24.2 Å². The summed E-state index contributed by atoms with van der Waals surface area (Å²) in [7, 11) is 0. The van der Waals surface area contributed by atoms with Crippen LogP contribution < -0.4 is 19.2 Å². The van der Waals surface area contributed by atoms with Gasteiger partial charge in [-0.3, -0.25) is 0 Å². The second-order valence-corrected chi connectivity index (χ2v) is 9.87. The van der Waals surface area contributed by atoms with Gasteiger partial charge in [-0.15, -0.1) is 0 Å². The van der Waals surface area contributed by atoms with Crippen LogP contribution in [0.2, 0.25) is 0 Å². The van der Waals surface area contributed by atoms with Crippen LogP contribution in [-0.2, 0) is 0 Å². The summed E-state index contributed by atoms with van der Waals surface area (Å²) >= 11 is 0. The minimum absolute atomic E-state index is 0.000413. The zero-order valence-corrected chi connectivity index (χ0v) is 22.3. The molecule has 6 rings (SSSR count). The van der Waals surface area contributed by atoms with Crippen molar-refractivity contribution in [2.45, 2.75) is 13.8 Å². The maximum atomic E-state index is 10.6. The maximum absolute atomic E-state index is 10.6. The summed E-state index contributed by atoms with van der Waals surface area (Å²) < 4.78 is 7.16. The first-order valence-electron chi connectivity index (χ1n) is 13.0. The lowest BCUT2D eigenvalue weighted by Crippen LogP contribution is -2.35. The minimum atomic E-state index is 0.000413. The molecule has 0 aliphatic carbocycles. The standard InChI is InChI=1S/C35H27N3O2/c1-5-40-33-8-6-7-30-31(36-35(39)34(30)33)22-28-18-13-25-21-29(19-20-32(25)37(28)4)38(26-14-9-23(2)10-15-26)27-16-11-24(3)12-17-27/h1,6-22,36H,4H2,2-3H3/p+1/b28-22-. The topological polar surface area (TPSA) is 54.4 Å². The van der Waals surface area contributed by atoms with Crippen molar-refractivity contribution >= 4 is 44.8 Å². The number of rotatable bonds is 5. The minimum Gasteiger partial charge on any atom is -0.494 e. The zero-order chi connectivity index (χ0) is 27.8. The third-order valence-electron chi connectivity index (χ3n) is 7.16. The van der Waals surface area contributed by atoms with E-state index in [1.54, 1.807) is 6.07 Å². The monoisotopic (exact) mass is 522 g/mol. The molecule has 5 heteroatoms. The molecule has 0 atom stereocenters. The molecule has 0 amide bonds. The Kier molecular flexibility index (Phi) is 6.22.